The zero-order valence-corrected chi connectivity index (χ0v) is 16.4. The van der Waals surface area contributed by atoms with Crippen LogP contribution >= 0.6 is 24.0 Å². The summed E-state index contributed by atoms with van der Waals surface area (Å²) in [5.74, 6) is 1.13. The summed E-state index contributed by atoms with van der Waals surface area (Å²) in [5.41, 5.74) is 2.07. The van der Waals surface area contributed by atoms with E-state index >= 15 is 0 Å². The number of guanidine groups is 1. The van der Waals surface area contributed by atoms with Crippen LogP contribution < -0.4 is 10.6 Å². The fourth-order valence-electron chi connectivity index (χ4n) is 2.25. The molecule has 0 bridgehead atoms. The molecule has 0 spiro atoms. The van der Waals surface area contributed by atoms with Crippen molar-refractivity contribution in [2.45, 2.75) is 33.2 Å². The van der Waals surface area contributed by atoms with Crippen LogP contribution in [0.5, 0.6) is 0 Å². The number of hydrogen-bond donors (Lipinski definition) is 3. The van der Waals surface area contributed by atoms with E-state index in [0.29, 0.717) is 12.0 Å². The van der Waals surface area contributed by atoms with E-state index in [0.717, 1.165) is 35.4 Å². The Morgan fingerprint density at radius 2 is 2.04 bits per heavy atom. The molecule has 6 heteroatoms. The molecule has 0 fully saturated rings. The molecule has 3 N–H and O–H groups in total. The molecule has 0 radical (unpaired) electrons. The van der Waals surface area contributed by atoms with E-state index in [2.05, 4.69) is 41.4 Å². The summed E-state index contributed by atoms with van der Waals surface area (Å²) in [5, 5.41) is 7.61. The molecule has 23 heavy (non-hydrogen) atoms. The number of benzene rings is 1. The van der Waals surface area contributed by atoms with Crippen LogP contribution in [0.15, 0.2) is 29.4 Å². The standard InChI is InChI=1S/C17H25FN4.HI/c1-11(2)12(3)22-17(19-4)20-8-7-13-10-21-16-6-5-14(18)9-15(13)16;/h5-6,9-12,21H,7-8H2,1-4H3,(H2,19,20,22);1H. The lowest BCUT2D eigenvalue weighted by Crippen LogP contribution is -2.44. The molecule has 0 aliphatic rings. The topological polar surface area (TPSA) is 52.2 Å². The smallest absolute Gasteiger partial charge is 0.191 e. The van der Waals surface area contributed by atoms with Crippen LogP contribution in [0.1, 0.15) is 26.3 Å². The number of rotatable bonds is 5. The summed E-state index contributed by atoms with van der Waals surface area (Å²) in [6.45, 7) is 7.23. The molecular formula is C17H26FIN4. The molecule has 1 heterocycles. The third-order valence-corrected chi connectivity index (χ3v) is 4.00. The van der Waals surface area contributed by atoms with E-state index in [1.807, 2.05) is 6.20 Å². The van der Waals surface area contributed by atoms with E-state index in [1.165, 1.54) is 6.07 Å². The van der Waals surface area contributed by atoms with Gasteiger partial charge in [0.25, 0.3) is 0 Å². The van der Waals surface area contributed by atoms with Crippen LogP contribution in [0, 0.1) is 11.7 Å². The summed E-state index contributed by atoms with van der Waals surface area (Å²) >= 11 is 0. The van der Waals surface area contributed by atoms with Gasteiger partial charge in [-0.15, -0.1) is 24.0 Å². The number of aromatic nitrogens is 1. The predicted octanol–water partition coefficient (Wildman–Crippen LogP) is 3.68. The predicted molar refractivity (Wildman–Crippen MR) is 106 cm³/mol. The molecule has 2 rings (SSSR count). The van der Waals surface area contributed by atoms with Crippen molar-refractivity contribution in [2.24, 2.45) is 10.9 Å². The summed E-state index contributed by atoms with van der Waals surface area (Å²) < 4.78 is 13.4. The highest BCUT2D eigenvalue weighted by molar-refractivity contribution is 14.0. The van der Waals surface area contributed by atoms with Gasteiger partial charge in [-0.2, -0.15) is 0 Å². The van der Waals surface area contributed by atoms with Gasteiger partial charge in [-0.1, -0.05) is 13.8 Å². The Hall–Kier alpha value is -1.31. The van der Waals surface area contributed by atoms with E-state index < -0.39 is 0 Å². The zero-order chi connectivity index (χ0) is 16.1. The molecule has 2 aromatic rings. The van der Waals surface area contributed by atoms with E-state index in [1.54, 1.807) is 19.2 Å². The SMILES string of the molecule is CN=C(NCCc1c[nH]c2ccc(F)cc12)NC(C)C(C)C.I. The van der Waals surface area contributed by atoms with Crippen molar-refractivity contribution in [3.63, 3.8) is 0 Å². The number of nitrogens with zero attached hydrogens (tertiary/aromatic N) is 1. The van der Waals surface area contributed by atoms with Crippen LogP contribution in [-0.4, -0.2) is 30.6 Å². The minimum absolute atomic E-state index is 0. The van der Waals surface area contributed by atoms with Crippen molar-refractivity contribution >= 4 is 40.8 Å². The van der Waals surface area contributed by atoms with Gasteiger partial charge in [0.15, 0.2) is 5.96 Å². The van der Waals surface area contributed by atoms with E-state index in [9.17, 15) is 4.39 Å². The Kier molecular flexibility index (Phi) is 7.81. The van der Waals surface area contributed by atoms with Gasteiger partial charge < -0.3 is 15.6 Å². The van der Waals surface area contributed by atoms with Gasteiger partial charge in [0.05, 0.1) is 0 Å². The second-order valence-electron chi connectivity index (χ2n) is 5.93. The lowest BCUT2D eigenvalue weighted by molar-refractivity contribution is 0.481. The summed E-state index contributed by atoms with van der Waals surface area (Å²) in [6, 6.07) is 5.18. The van der Waals surface area contributed by atoms with Gasteiger partial charge in [0.1, 0.15) is 5.82 Å². The average molecular weight is 432 g/mol. The van der Waals surface area contributed by atoms with Gasteiger partial charge in [0.2, 0.25) is 0 Å². The first kappa shape index (κ1) is 19.7. The number of nitrogens with one attached hydrogen (secondary N) is 3. The molecule has 1 aromatic carbocycles. The van der Waals surface area contributed by atoms with Gasteiger partial charge in [-0.05, 0) is 43.0 Å². The molecule has 0 aliphatic carbocycles. The Balaban J connectivity index is 0.00000264. The zero-order valence-electron chi connectivity index (χ0n) is 14.1. The van der Waals surface area contributed by atoms with Crippen molar-refractivity contribution in [1.82, 2.24) is 15.6 Å². The van der Waals surface area contributed by atoms with Crippen LogP contribution in [0.25, 0.3) is 10.9 Å². The Bertz CT molecular complexity index is 651. The first-order valence-electron chi connectivity index (χ1n) is 7.74. The van der Waals surface area contributed by atoms with Crippen molar-refractivity contribution in [2.75, 3.05) is 13.6 Å². The minimum Gasteiger partial charge on any atom is -0.361 e. The fourth-order valence-corrected chi connectivity index (χ4v) is 2.25. The number of aromatic amines is 1. The monoisotopic (exact) mass is 432 g/mol. The van der Waals surface area contributed by atoms with Crippen molar-refractivity contribution in [3.05, 3.63) is 35.8 Å². The molecule has 4 nitrogen and oxygen atoms in total. The van der Waals surface area contributed by atoms with E-state index in [4.69, 9.17) is 0 Å². The van der Waals surface area contributed by atoms with Gasteiger partial charge in [0, 0.05) is 36.7 Å². The molecule has 0 amide bonds. The lowest BCUT2D eigenvalue weighted by atomic mass is 10.1. The van der Waals surface area contributed by atoms with Crippen molar-refractivity contribution in [1.29, 1.82) is 0 Å². The van der Waals surface area contributed by atoms with Crippen LogP contribution in [0.3, 0.4) is 0 Å². The van der Waals surface area contributed by atoms with Crippen LogP contribution in [-0.2, 0) is 6.42 Å². The maximum absolute atomic E-state index is 13.4. The summed E-state index contributed by atoms with van der Waals surface area (Å²) in [6.07, 6.45) is 2.75. The molecule has 1 aromatic heterocycles. The quantitative estimate of drug-likeness (QED) is 0.384. The highest BCUT2D eigenvalue weighted by atomic mass is 127. The second kappa shape index (κ2) is 9.10. The van der Waals surface area contributed by atoms with Gasteiger partial charge >= 0.3 is 0 Å². The molecular weight excluding hydrogens is 406 g/mol. The minimum atomic E-state index is -0.204. The third kappa shape index (κ3) is 5.37. The number of aliphatic imine (C=N–C) groups is 1. The maximum Gasteiger partial charge on any atom is 0.191 e. The molecule has 128 valence electrons. The third-order valence-electron chi connectivity index (χ3n) is 4.00. The Morgan fingerprint density at radius 3 is 2.70 bits per heavy atom. The maximum atomic E-state index is 13.4. The number of fused-ring (bicyclic) bond motifs is 1. The summed E-state index contributed by atoms with van der Waals surface area (Å²) in [4.78, 5) is 7.41. The van der Waals surface area contributed by atoms with Crippen molar-refractivity contribution in [3.8, 4) is 0 Å². The first-order chi connectivity index (χ1) is 10.5. The average Bonchev–Trinajstić information content (AvgIpc) is 2.88. The molecule has 0 saturated heterocycles. The molecule has 1 atom stereocenters. The highest BCUT2D eigenvalue weighted by Gasteiger charge is 2.09. The van der Waals surface area contributed by atoms with Crippen molar-refractivity contribution < 1.29 is 4.39 Å². The molecule has 0 saturated carbocycles. The second-order valence-corrected chi connectivity index (χ2v) is 5.93. The Labute approximate surface area is 154 Å². The molecule has 0 aliphatic heterocycles. The fraction of sp³-hybridized carbons (Fsp3) is 0.471. The summed E-state index contributed by atoms with van der Waals surface area (Å²) in [7, 11) is 1.77. The Morgan fingerprint density at radius 1 is 1.30 bits per heavy atom. The highest BCUT2D eigenvalue weighted by Crippen LogP contribution is 2.19. The number of halogens is 2. The number of H-pyrrole nitrogens is 1. The lowest BCUT2D eigenvalue weighted by Gasteiger charge is -2.20. The van der Waals surface area contributed by atoms with E-state index in [-0.39, 0.29) is 29.8 Å². The number of hydrogen-bond acceptors (Lipinski definition) is 1. The van der Waals surface area contributed by atoms with Gasteiger partial charge in [-0.25, -0.2) is 4.39 Å². The molecule has 1 unspecified atom stereocenters. The largest absolute Gasteiger partial charge is 0.361 e. The van der Waals surface area contributed by atoms with Gasteiger partial charge in [-0.3, -0.25) is 4.99 Å². The first-order valence-corrected chi connectivity index (χ1v) is 7.74. The normalized spacial score (nSPS) is 13.0. The van der Waals surface area contributed by atoms with Crippen LogP contribution in [0.4, 0.5) is 4.39 Å². The van der Waals surface area contributed by atoms with Crippen LogP contribution in [0.2, 0.25) is 0 Å².